The molecule has 1 N–H and O–H groups in total. The van der Waals surface area contributed by atoms with Gasteiger partial charge < -0.3 is 19.5 Å². The van der Waals surface area contributed by atoms with Gasteiger partial charge in [0.25, 0.3) is 0 Å². The lowest BCUT2D eigenvalue weighted by atomic mass is 10.2. The fourth-order valence-corrected chi connectivity index (χ4v) is 1.25. The molecule has 0 unspecified atom stereocenters. The summed E-state index contributed by atoms with van der Waals surface area (Å²) in [4.78, 5) is 33.6. The summed E-state index contributed by atoms with van der Waals surface area (Å²) in [5, 5.41) is 2.53. The predicted molar refractivity (Wildman–Crippen MR) is 75.4 cm³/mol. The monoisotopic (exact) mass is 303 g/mol. The van der Waals surface area contributed by atoms with Crippen LogP contribution >= 0.6 is 0 Å². The van der Waals surface area contributed by atoms with Crippen LogP contribution in [-0.4, -0.2) is 37.0 Å². The van der Waals surface area contributed by atoms with Crippen LogP contribution in [0.4, 0.5) is 4.79 Å². The molecule has 0 aromatic carbocycles. The van der Waals surface area contributed by atoms with E-state index >= 15 is 0 Å². The second-order valence-electron chi connectivity index (χ2n) is 5.43. The van der Waals surface area contributed by atoms with E-state index < -0.39 is 23.6 Å². The van der Waals surface area contributed by atoms with Crippen molar-refractivity contribution in [2.24, 2.45) is 0 Å². The van der Waals surface area contributed by atoms with Gasteiger partial charge in [0, 0.05) is 19.4 Å². The average molecular weight is 303 g/mol. The van der Waals surface area contributed by atoms with Crippen molar-refractivity contribution in [3.63, 3.8) is 0 Å². The van der Waals surface area contributed by atoms with Crippen LogP contribution in [0.5, 0.6) is 0 Å². The highest BCUT2D eigenvalue weighted by Crippen LogP contribution is 2.06. The van der Waals surface area contributed by atoms with Gasteiger partial charge in [-0.3, -0.25) is 9.59 Å². The van der Waals surface area contributed by atoms with Crippen molar-refractivity contribution < 1.29 is 28.6 Å². The Morgan fingerprint density at radius 1 is 1.00 bits per heavy atom. The van der Waals surface area contributed by atoms with Crippen LogP contribution in [0, 0.1) is 0 Å². The fourth-order valence-electron chi connectivity index (χ4n) is 1.25. The normalized spacial score (nSPS) is 10.7. The minimum absolute atomic E-state index is 0.126. The molecule has 0 atom stereocenters. The summed E-state index contributed by atoms with van der Waals surface area (Å²) in [6.07, 6.45) is 1.01. The van der Waals surface area contributed by atoms with E-state index in [0.29, 0.717) is 25.8 Å². The van der Waals surface area contributed by atoms with E-state index in [0.717, 1.165) is 0 Å². The minimum atomic E-state index is -0.550. The molecular formula is C14H25NO6. The summed E-state index contributed by atoms with van der Waals surface area (Å²) >= 11 is 0. The van der Waals surface area contributed by atoms with E-state index in [2.05, 4.69) is 10.1 Å². The number of hydrogen-bond acceptors (Lipinski definition) is 6. The quantitative estimate of drug-likeness (QED) is 0.419. The van der Waals surface area contributed by atoms with Crippen LogP contribution < -0.4 is 5.32 Å². The molecule has 21 heavy (non-hydrogen) atoms. The van der Waals surface area contributed by atoms with Crippen molar-refractivity contribution in [1.82, 2.24) is 5.32 Å². The van der Waals surface area contributed by atoms with E-state index in [-0.39, 0.29) is 13.2 Å². The smallest absolute Gasteiger partial charge is 0.407 e. The van der Waals surface area contributed by atoms with Gasteiger partial charge in [0.1, 0.15) is 5.60 Å². The maximum absolute atomic E-state index is 11.3. The van der Waals surface area contributed by atoms with Crippen molar-refractivity contribution in [3.05, 3.63) is 0 Å². The highest BCUT2D eigenvalue weighted by atomic mass is 16.7. The Balaban J connectivity index is 3.58. The molecule has 0 aliphatic heterocycles. The van der Waals surface area contributed by atoms with Crippen molar-refractivity contribution in [2.75, 3.05) is 13.3 Å². The third kappa shape index (κ3) is 13.0. The Kier molecular flexibility index (Phi) is 9.16. The largest absolute Gasteiger partial charge is 0.444 e. The third-order valence-corrected chi connectivity index (χ3v) is 2.12. The summed E-state index contributed by atoms with van der Waals surface area (Å²) in [5.41, 5.74) is -0.550. The van der Waals surface area contributed by atoms with Gasteiger partial charge in [0.2, 0.25) is 6.79 Å². The Bertz CT molecular complexity index is 348. The van der Waals surface area contributed by atoms with Crippen LogP contribution in [0.1, 0.15) is 53.4 Å². The van der Waals surface area contributed by atoms with Crippen molar-refractivity contribution >= 4 is 18.0 Å². The lowest BCUT2D eigenvalue weighted by molar-refractivity contribution is -0.167. The van der Waals surface area contributed by atoms with Gasteiger partial charge in [-0.15, -0.1) is 0 Å². The molecule has 0 spiro atoms. The van der Waals surface area contributed by atoms with Crippen molar-refractivity contribution in [3.8, 4) is 0 Å². The van der Waals surface area contributed by atoms with Gasteiger partial charge in [-0.1, -0.05) is 6.92 Å². The average Bonchev–Trinajstić information content (AvgIpc) is 2.33. The SMILES string of the molecule is CCCC(=O)OCOC(=O)CCCNC(=O)OC(C)(C)C. The molecule has 0 radical (unpaired) electrons. The predicted octanol–water partition coefficient (Wildman–Crippen LogP) is 2.14. The Morgan fingerprint density at radius 2 is 1.57 bits per heavy atom. The number of nitrogens with one attached hydrogen (secondary N) is 1. The first-order valence-corrected chi connectivity index (χ1v) is 7.02. The summed E-state index contributed by atoms with van der Waals surface area (Å²) in [6, 6.07) is 0. The molecule has 7 nitrogen and oxygen atoms in total. The molecule has 1 amide bonds. The van der Waals surface area contributed by atoms with Crippen molar-refractivity contribution in [1.29, 1.82) is 0 Å². The molecular weight excluding hydrogens is 278 g/mol. The van der Waals surface area contributed by atoms with E-state index in [9.17, 15) is 14.4 Å². The van der Waals surface area contributed by atoms with Crippen LogP contribution in [0.15, 0.2) is 0 Å². The van der Waals surface area contributed by atoms with Gasteiger partial charge in [-0.25, -0.2) is 4.79 Å². The summed E-state index contributed by atoms with van der Waals surface area (Å²) in [5.74, 6) is -0.873. The number of esters is 2. The third-order valence-electron chi connectivity index (χ3n) is 2.12. The maximum atomic E-state index is 11.3. The van der Waals surface area contributed by atoms with E-state index in [1.54, 1.807) is 20.8 Å². The molecule has 0 aromatic heterocycles. The number of rotatable bonds is 8. The van der Waals surface area contributed by atoms with Crippen LogP contribution in [-0.2, 0) is 23.8 Å². The lowest BCUT2D eigenvalue weighted by Crippen LogP contribution is -2.33. The lowest BCUT2D eigenvalue weighted by Gasteiger charge is -2.19. The molecule has 0 rings (SSSR count). The number of ether oxygens (including phenoxy) is 3. The zero-order valence-electron chi connectivity index (χ0n) is 13.2. The van der Waals surface area contributed by atoms with Gasteiger partial charge in [-0.05, 0) is 33.6 Å². The van der Waals surface area contributed by atoms with Gasteiger partial charge >= 0.3 is 18.0 Å². The standard InChI is InChI=1S/C14H25NO6/c1-5-7-11(16)19-10-20-12(17)8-6-9-15-13(18)21-14(2,3)4/h5-10H2,1-4H3,(H,15,18). The number of hydrogen-bond donors (Lipinski definition) is 1. The van der Waals surface area contributed by atoms with E-state index in [1.807, 2.05) is 6.92 Å². The Hall–Kier alpha value is -1.79. The highest BCUT2D eigenvalue weighted by Gasteiger charge is 2.15. The zero-order valence-corrected chi connectivity index (χ0v) is 13.2. The first kappa shape index (κ1) is 19.2. The number of carbonyl (C=O) groups excluding carboxylic acids is 3. The molecule has 122 valence electrons. The molecule has 0 aromatic rings. The topological polar surface area (TPSA) is 90.9 Å². The zero-order chi connectivity index (χ0) is 16.3. The first-order valence-electron chi connectivity index (χ1n) is 7.02. The van der Waals surface area contributed by atoms with Crippen LogP contribution in [0.25, 0.3) is 0 Å². The summed E-state index contributed by atoms with van der Waals surface area (Å²) in [7, 11) is 0. The molecule has 0 fully saturated rings. The van der Waals surface area contributed by atoms with E-state index in [1.165, 1.54) is 0 Å². The minimum Gasteiger partial charge on any atom is -0.444 e. The molecule has 0 saturated heterocycles. The van der Waals surface area contributed by atoms with Crippen LogP contribution in [0.2, 0.25) is 0 Å². The van der Waals surface area contributed by atoms with E-state index in [4.69, 9.17) is 9.47 Å². The first-order chi connectivity index (χ1) is 9.74. The number of carbonyl (C=O) groups is 3. The molecule has 0 aliphatic carbocycles. The second-order valence-corrected chi connectivity index (χ2v) is 5.43. The molecule has 0 saturated carbocycles. The second kappa shape index (κ2) is 10.0. The van der Waals surface area contributed by atoms with Gasteiger partial charge in [0.05, 0.1) is 0 Å². The van der Waals surface area contributed by atoms with Crippen LogP contribution in [0.3, 0.4) is 0 Å². The summed E-state index contributed by atoms with van der Waals surface area (Å²) < 4.78 is 14.4. The van der Waals surface area contributed by atoms with Gasteiger partial charge in [0.15, 0.2) is 0 Å². The molecule has 0 heterocycles. The Morgan fingerprint density at radius 3 is 2.10 bits per heavy atom. The number of alkyl carbamates (subject to hydrolysis) is 1. The maximum Gasteiger partial charge on any atom is 0.407 e. The summed E-state index contributed by atoms with van der Waals surface area (Å²) in [6.45, 7) is 7.10. The van der Waals surface area contributed by atoms with Crippen molar-refractivity contribution in [2.45, 2.75) is 59.0 Å². The van der Waals surface area contributed by atoms with Gasteiger partial charge in [-0.2, -0.15) is 0 Å². The molecule has 0 bridgehead atoms. The molecule has 0 aliphatic rings. The fraction of sp³-hybridized carbons (Fsp3) is 0.786. The highest BCUT2D eigenvalue weighted by molar-refractivity contribution is 5.71. The Labute approximate surface area is 125 Å². The number of amides is 1. The molecule has 7 heteroatoms.